The summed E-state index contributed by atoms with van der Waals surface area (Å²) in [6, 6.07) is 29.4. The summed E-state index contributed by atoms with van der Waals surface area (Å²) < 4.78 is 31.0. The third kappa shape index (κ3) is 11.1. The lowest BCUT2D eigenvalue weighted by Gasteiger charge is -2.42. The lowest BCUT2D eigenvalue weighted by Crippen LogP contribution is -2.53. The summed E-state index contributed by atoms with van der Waals surface area (Å²) >= 11 is 0. The molecule has 0 aliphatic rings. The fourth-order valence-electron chi connectivity index (χ4n) is 4.27. The Balaban J connectivity index is 1.98. The van der Waals surface area contributed by atoms with Crippen LogP contribution in [0.15, 0.2) is 91.0 Å². The van der Waals surface area contributed by atoms with E-state index in [2.05, 4.69) is 33.9 Å². The van der Waals surface area contributed by atoms with Gasteiger partial charge in [0.2, 0.25) is 5.78 Å². The number of methoxy groups -OCH3 is 1. The van der Waals surface area contributed by atoms with Crippen molar-refractivity contribution in [3.05, 3.63) is 108 Å². The Kier molecular flexibility index (Phi) is 13.3. The van der Waals surface area contributed by atoms with Gasteiger partial charge in [0.25, 0.3) is 0 Å². The molecule has 0 saturated carbocycles. The van der Waals surface area contributed by atoms with E-state index < -0.39 is 38.4 Å². The Hall–Kier alpha value is -3.14. The van der Waals surface area contributed by atoms with Crippen LogP contribution < -0.4 is 0 Å². The monoisotopic (exact) mass is 606 g/mol. The standard InChI is InChI=1S/C35H46O7Si/c1-35(2,3)43(5,6)42-32(26-39-23-27-16-10-7-11-17-27)33(41-25-29-20-14-9-15-21-29)31(22-30(36)34(37)38-4)40-24-28-18-12-8-13-19-28/h7-21,31-33H,22-26H2,1-6H3. The van der Waals surface area contributed by atoms with E-state index in [1.165, 1.54) is 7.11 Å². The Morgan fingerprint density at radius 3 is 1.63 bits per heavy atom. The average Bonchev–Trinajstić information content (AvgIpc) is 3.00. The predicted molar refractivity (Wildman–Crippen MR) is 170 cm³/mol. The van der Waals surface area contributed by atoms with Gasteiger partial charge in [0, 0.05) is 6.42 Å². The van der Waals surface area contributed by atoms with E-state index in [4.69, 9.17) is 23.4 Å². The Morgan fingerprint density at radius 1 is 0.698 bits per heavy atom. The predicted octanol–water partition coefficient (Wildman–Crippen LogP) is 6.90. The third-order valence-electron chi connectivity index (χ3n) is 7.77. The van der Waals surface area contributed by atoms with E-state index in [1.54, 1.807) is 0 Å². The van der Waals surface area contributed by atoms with Gasteiger partial charge in [-0.25, -0.2) is 4.79 Å². The summed E-state index contributed by atoms with van der Waals surface area (Å²) in [5, 5.41) is -0.100. The van der Waals surface area contributed by atoms with Crippen molar-refractivity contribution in [2.45, 2.75) is 83.5 Å². The second kappa shape index (κ2) is 16.6. The molecule has 0 aliphatic heterocycles. The fourth-order valence-corrected chi connectivity index (χ4v) is 5.58. The van der Waals surface area contributed by atoms with E-state index >= 15 is 0 Å². The highest BCUT2D eigenvalue weighted by molar-refractivity contribution is 6.74. The molecule has 0 saturated heterocycles. The van der Waals surface area contributed by atoms with Crippen LogP contribution in [0.25, 0.3) is 0 Å². The highest BCUT2D eigenvalue weighted by atomic mass is 28.4. The quantitative estimate of drug-likeness (QED) is 0.0940. The highest BCUT2D eigenvalue weighted by Gasteiger charge is 2.44. The molecule has 232 valence electrons. The minimum atomic E-state index is -2.36. The largest absolute Gasteiger partial charge is 0.463 e. The smallest absolute Gasteiger partial charge is 0.374 e. The first-order valence-corrected chi connectivity index (χ1v) is 17.6. The van der Waals surface area contributed by atoms with Crippen LogP contribution in [0.4, 0.5) is 0 Å². The number of carbonyl (C=O) groups excluding carboxylic acids is 2. The molecule has 0 fully saturated rings. The lowest BCUT2D eigenvalue weighted by molar-refractivity contribution is -0.161. The maximum atomic E-state index is 13.0. The van der Waals surface area contributed by atoms with Gasteiger partial charge in [-0.3, -0.25) is 4.79 Å². The summed E-state index contributed by atoms with van der Waals surface area (Å²) in [4.78, 5) is 25.2. The van der Waals surface area contributed by atoms with Gasteiger partial charge in [-0.2, -0.15) is 0 Å². The van der Waals surface area contributed by atoms with Crippen molar-refractivity contribution in [2.24, 2.45) is 0 Å². The van der Waals surface area contributed by atoms with Gasteiger partial charge >= 0.3 is 5.97 Å². The maximum Gasteiger partial charge on any atom is 0.374 e. The molecule has 0 spiro atoms. The van der Waals surface area contributed by atoms with Crippen LogP contribution in [-0.2, 0) is 52.8 Å². The Bertz CT molecular complexity index is 1240. The molecular formula is C35H46O7Si. The molecule has 0 aliphatic carbocycles. The molecule has 0 radical (unpaired) electrons. The van der Waals surface area contributed by atoms with Gasteiger partial charge < -0.3 is 23.4 Å². The minimum absolute atomic E-state index is 0.100. The Labute approximate surface area is 257 Å². The van der Waals surface area contributed by atoms with Crippen molar-refractivity contribution >= 4 is 20.1 Å². The van der Waals surface area contributed by atoms with E-state index in [9.17, 15) is 9.59 Å². The molecule has 0 bridgehead atoms. The summed E-state index contributed by atoms with van der Waals surface area (Å²) in [7, 11) is -1.16. The zero-order chi connectivity index (χ0) is 31.3. The van der Waals surface area contributed by atoms with E-state index in [-0.39, 0.29) is 31.3 Å². The van der Waals surface area contributed by atoms with E-state index in [1.807, 2.05) is 91.0 Å². The first-order valence-electron chi connectivity index (χ1n) is 14.7. The van der Waals surface area contributed by atoms with Crippen LogP contribution in [0.1, 0.15) is 43.9 Å². The molecule has 7 nitrogen and oxygen atoms in total. The number of ether oxygens (including phenoxy) is 4. The average molecular weight is 607 g/mol. The van der Waals surface area contributed by atoms with Crippen molar-refractivity contribution in [1.29, 1.82) is 0 Å². The summed E-state index contributed by atoms with van der Waals surface area (Å²) in [5.41, 5.74) is 2.93. The van der Waals surface area contributed by atoms with Gasteiger partial charge in [0.1, 0.15) is 6.10 Å². The van der Waals surface area contributed by atoms with Crippen molar-refractivity contribution in [2.75, 3.05) is 13.7 Å². The van der Waals surface area contributed by atoms with Crippen LogP contribution in [0, 0.1) is 0 Å². The number of hydrogen-bond acceptors (Lipinski definition) is 7. The van der Waals surface area contributed by atoms with Crippen LogP contribution in [0.5, 0.6) is 0 Å². The van der Waals surface area contributed by atoms with Crippen molar-refractivity contribution < 1.29 is 33.0 Å². The number of rotatable bonds is 17. The molecular weight excluding hydrogens is 560 g/mol. The second-order valence-corrected chi connectivity index (χ2v) is 16.9. The molecule has 3 unspecified atom stereocenters. The SMILES string of the molecule is COC(=O)C(=O)CC(OCc1ccccc1)C(OCc1ccccc1)C(COCc1ccccc1)O[Si](C)(C)C(C)(C)C. The zero-order valence-electron chi connectivity index (χ0n) is 26.3. The van der Waals surface area contributed by atoms with Crippen molar-refractivity contribution in [3.63, 3.8) is 0 Å². The second-order valence-electron chi connectivity index (χ2n) is 12.1. The van der Waals surface area contributed by atoms with Crippen LogP contribution >= 0.6 is 0 Å². The molecule has 0 heterocycles. The molecule has 3 atom stereocenters. The van der Waals surface area contributed by atoms with E-state index in [0.29, 0.717) is 6.61 Å². The minimum Gasteiger partial charge on any atom is -0.463 e. The summed E-state index contributed by atoms with van der Waals surface area (Å²) in [6.45, 7) is 11.9. The normalized spacial score (nSPS) is 14.1. The van der Waals surface area contributed by atoms with Gasteiger partial charge in [-0.1, -0.05) is 112 Å². The van der Waals surface area contributed by atoms with Gasteiger partial charge in [0.05, 0.1) is 45.7 Å². The molecule has 43 heavy (non-hydrogen) atoms. The molecule has 0 amide bonds. The first kappa shape index (κ1) is 34.3. The number of benzene rings is 3. The molecule has 0 aromatic heterocycles. The number of ketones is 1. The Morgan fingerprint density at radius 2 is 1.16 bits per heavy atom. The molecule has 0 N–H and O–H groups in total. The zero-order valence-corrected chi connectivity index (χ0v) is 27.3. The molecule has 3 rings (SSSR count). The van der Waals surface area contributed by atoms with Gasteiger partial charge in [-0.15, -0.1) is 0 Å². The fraction of sp³-hybridized carbons (Fsp3) is 0.429. The summed E-state index contributed by atoms with van der Waals surface area (Å²) in [5.74, 6) is -1.61. The molecule has 8 heteroatoms. The van der Waals surface area contributed by atoms with Crippen molar-refractivity contribution in [3.8, 4) is 0 Å². The summed E-state index contributed by atoms with van der Waals surface area (Å²) in [6.07, 6.45) is -2.36. The van der Waals surface area contributed by atoms with Gasteiger partial charge in [0.15, 0.2) is 8.32 Å². The first-order chi connectivity index (χ1) is 20.5. The van der Waals surface area contributed by atoms with Crippen molar-refractivity contribution in [1.82, 2.24) is 0 Å². The highest BCUT2D eigenvalue weighted by Crippen LogP contribution is 2.38. The van der Waals surface area contributed by atoms with Crippen LogP contribution in [0.2, 0.25) is 18.1 Å². The third-order valence-corrected chi connectivity index (χ3v) is 12.3. The topological polar surface area (TPSA) is 80.3 Å². The van der Waals surface area contributed by atoms with Crippen LogP contribution in [-0.4, -0.2) is 52.1 Å². The molecule has 3 aromatic carbocycles. The number of esters is 1. The molecule has 3 aromatic rings. The van der Waals surface area contributed by atoms with E-state index in [0.717, 1.165) is 16.7 Å². The number of carbonyl (C=O) groups is 2. The maximum absolute atomic E-state index is 13.0. The van der Waals surface area contributed by atoms with Gasteiger partial charge in [-0.05, 0) is 34.8 Å². The lowest BCUT2D eigenvalue weighted by atomic mass is 10.0. The van der Waals surface area contributed by atoms with Crippen LogP contribution in [0.3, 0.4) is 0 Å². The number of Topliss-reactive ketones (excluding diaryl/α,β-unsaturated/α-hetero) is 1. The number of hydrogen-bond donors (Lipinski definition) is 0.